The maximum atomic E-state index is 12.2. The van der Waals surface area contributed by atoms with Crippen LogP contribution in [-0.4, -0.2) is 72.0 Å². The van der Waals surface area contributed by atoms with Crippen LogP contribution in [-0.2, 0) is 4.79 Å². The van der Waals surface area contributed by atoms with Gasteiger partial charge in [0.15, 0.2) is 0 Å². The highest BCUT2D eigenvalue weighted by Crippen LogP contribution is 2.16. The second-order valence-electron chi connectivity index (χ2n) is 6.88. The van der Waals surface area contributed by atoms with Crippen molar-refractivity contribution >= 4 is 5.91 Å². The lowest BCUT2D eigenvalue weighted by atomic mass is 10.0. The molecule has 0 aromatic carbocycles. The van der Waals surface area contributed by atoms with Crippen LogP contribution in [0.25, 0.3) is 0 Å². The Morgan fingerprint density at radius 1 is 0.895 bits per heavy atom. The molecule has 110 valence electrons. The van der Waals surface area contributed by atoms with Crippen molar-refractivity contribution in [1.29, 1.82) is 0 Å². The quantitative estimate of drug-likeness (QED) is 0.757. The van der Waals surface area contributed by atoms with Crippen LogP contribution in [0.15, 0.2) is 0 Å². The molecule has 0 aromatic rings. The van der Waals surface area contributed by atoms with Crippen LogP contribution in [0.3, 0.4) is 0 Å². The minimum absolute atomic E-state index is 0.253. The molecule has 0 saturated carbocycles. The van der Waals surface area contributed by atoms with Crippen LogP contribution in [0, 0.1) is 0 Å². The summed E-state index contributed by atoms with van der Waals surface area (Å²) in [5.41, 5.74) is 0.253. The van der Waals surface area contributed by atoms with E-state index in [-0.39, 0.29) is 5.54 Å². The van der Waals surface area contributed by atoms with E-state index in [0.717, 1.165) is 39.3 Å². The predicted molar refractivity (Wildman–Crippen MR) is 78.2 cm³/mol. The molecular formula is C15H29N3O. The molecule has 4 heteroatoms. The SMILES string of the molecule is CC(C)(C)N1CCN(CC(=O)N2CCCCC2)CC1. The average Bonchev–Trinajstić information content (AvgIpc) is 2.39. The zero-order chi connectivity index (χ0) is 13.9. The summed E-state index contributed by atoms with van der Waals surface area (Å²) in [6, 6.07) is 0. The van der Waals surface area contributed by atoms with Gasteiger partial charge in [0.1, 0.15) is 0 Å². The van der Waals surface area contributed by atoms with Crippen molar-refractivity contribution in [2.24, 2.45) is 0 Å². The second-order valence-corrected chi connectivity index (χ2v) is 6.88. The van der Waals surface area contributed by atoms with E-state index in [0.29, 0.717) is 12.5 Å². The summed E-state index contributed by atoms with van der Waals surface area (Å²) >= 11 is 0. The van der Waals surface area contributed by atoms with Crippen molar-refractivity contribution in [2.75, 3.05) is 45.8 Å². The van der Waals surface area contributed by atoms with Crippen LogP contribution >= 0.6 is 0 Å². The molecule has 0 radical (unpaired) electrons. The Kier molecular flexibility index (Phi) is 4.85. The van der Waals surface area contributed by atoms with Crippen molar-refractivity contribution in [1.82, 2.24) is 14.7 Å². The normalized spacial score (nSPS) is 23.6. The summed E-state index contributed by atoms with van der Waals surface area (Å²) in [6.07, 6.45) is 3.65. The first-order valence-corrected chi connectivity index (χ1v) is 7.72. The molecule has 0 aliphatic carbocycles. The molecule has 2 fully saturated rings. The van der Waals surface area contributed by atoms with E-state index in [1.165, 1.54) is 19.3 Å². The van der Waals surface area contributed by atoms with E-state index in [4.69, 9.17) is 0 Å². The molecule has 4 nitrogen and oxygen atoms in total. The molecule has 2 aliphatic heterocycles. The molecule has 2 rings (SSSR count). The summed E-state index contributed by atoms with van der Waals surface area (Å²) in [5, 5.41) is 0. The fraction of sp³-hybridized carbons (Fsp3) is 0.933. The molecule has 1 amide bonds. The third-order valence-electron chi connectivity index (χ3n) is 4.39. The standard InChI is InChI=1S/C15H29N3O/c1-15(2,3)18-11-9-16(10-12-18)13-14(19)17-7-5-4-6-8-17/h4-13H2,1-3H3. The average molecular weight is 267 g/mol. The lowest BCUT2D eigenvalue weighted by Gasteiger charge is -2.42. The molecule has 0 bridgehead atoms. The van der Waals surface area contributed by atoms with Gasteiger partial charge < -0.3 is 4.90 Å². The zero-order valence-corrected chi connectivity index (χ0v) is 12.8. The van der Waals surface area contributed by atoms with Crippen LogP contribution in [0.5, 0.6) is 0 Å². The third kappa shape index (κ3) is 4.18. The summed E-state index contributed by atoms with van der Waals surface area (Å²) in [5.74, 6) is 0.337. The van der Waals surface area contributed by atoms with Gasteiger partial charge in [-0.2, -0.15) is 0 Å². The molecule has 19 heavy (non-hydrogen) atoms. The Morgan fingerprint density at radius 3 is 2.00 bits per heavy atom. The van der Waals surface area contributed by atoms with Crippen LogP contribution < -0.4 is 0 Å². The highest BCUT2D eigenvalue weighted by molar-refractivity contribution is 5.78. The number of carbonyl (C=O) groups excluding carboxylic acids is 1. The van der Waals surface area contributed by atoms with Crippen molar-refractivity contribution < 1.29 is 4.79 Å². The number of piperidine rings is 1. The topological polar surface area (TPSA) is 26.8 Å². The molecule has 0 spiro atoms. The zero-order valence-electron chi connectivity index (χ0n) is 12.8. The molecule has 2 aliphatic rings. The fourth-order valence-electron chi connectivity index (χ4n) is 3.01. The minimum Gasteiger partial charge on any atom is -0.342 e. The Hall–Kier alpha value is -0.610. The third-order valence-corrected chi connectivity index (χ3v) is 4.39. The Balaban J connectivity index is 1.74. The van der Waals surface area contributed by atoms with Crippen LogP contribution in [0.2, 0.25) is 0 Å². The van der Waals surface area contributed by atoms with E-state index < -0.39 is 0 Å². The lowest BCUT2D eigenvalue weighted by molar-refractivity contribution is -0.133. The van der Waals surface area contributed by atoms with Gasteiger partial charge in [0.2, 0.25) is 5.91 Å². The number of piperazine rings is 1. The molecule has 0 unspecified atom stereocenters. The Morgan fingerprint density at radius 2 is 1.47 bits per heavy atom. The van der Waals surface area contributed by atoms with Gasteiger partial charge in [0.05, 0.1) is 6.54 Å². The second kappa shape index (κ2) is 6.23. The van der Waals surface area contributed by atoms with E-state index >= 15 is 0 Å². The van der Waals surface area contributed by atoms with E-state index in [2.05, 4.69) is 35.5 Å². The molecular weight excluding hydrogens is 238 g/mol. The van der Waals surface area contributed by atoms with Gasteiger partial charge in [-0.05, 0) is 40.0 Å². The van der Waals surface area contributed by atoms with Crippen LogP contribution in [0.1, 0.15) is 40.0 Å². The number of nitrogens with zero attached hydrogens (tertiary/aromatic N) is 3. The van der Waals surface area contributed by atoms with Crippen molar-refractivity contribution in [3.05, 3.63) is 0 Å². The fourth-order valence-corrected chi connectivity index (χ4v) is 3.01. The molecule has 2 heterocycles. The first-order chi connectivity index (χ1) is 8.97. The van der Waals surface area contributed by atoms with Gasteiger partial charge in [0, 0.05) is 44.8 Å². The summed E-state index contributed by atoms with van der Waals surface area (Å²) < 4.78 is 0. The van der Waals surface area contributed by atoms with Crippen molar-refractivity contribution in [3.8, 4) is 0 Å². The van der Waals surface area contributed by atoms with Crippen molar-refractivity contribution in [3.63, 3.8) is 0 Å². The van der Waals surface area contributed by atoms with E-state index in [1.54, 1.807) is 0 Å². The van der Waals surface area contributed by atoms with Gasteiger partial charge in [-0.3, -0.25) is 14.6 Å². The largest absolute Gasteiger partial charge is 0.342 e. The predicted octanol–water partition coefficient (Wildman–Crippen LogP) is 1.42. The number of hydrogen-bond acceptors (Lipinski definition) is 3. The number of hydrogen-bond donors (Lipinski definition) is 0. The first-order valence-electron chi connectivity index (χ1n) is 7.72. The van der Waals surface area contributed by atoms with Crippen LogP contribution in [0.4, 0.5) is 0 Å². The monoisotopic (exact) mass is 267 g/mol. The number of likely N-dealkylation sites (tertiary alicyclic amines) is 1. The Bertz CT molecular complexity index is 297. The van der Waals surface area contributed by atoms with E-state index in [1.807, 2.05) is 0 Å². The van der Waals surface area contributed by atoms with Gasteiger partial charge >= 0.3 is 0 Å². The Labute approximate surface area is 117 Å². The number of amides is 1. The van der Waals surface area contributed by atoms with Gasteiger partial charge in [-0.15, -0.1) is 0 Å². The number of rotatable bonds is 2. The maximum absolute atomic E-state index is 12.2. The van der Waals surface area contributed by atoms with E-state index in [9.17, 15) is 4.79 Å². The summed E-state index contributed by atoms with van der Waals surface area (Å²) in [6.45, 7) is 13.6. The lowest BCUT2D eigenvalue weighted by Crippen LogP contribution is -2.55. The molecule has 0 N–H and O–H groups in total. The minimum atomic E-state index is 0.253. The number of carbonyl (C=O) groups is 1. The molecule has 2 saturated heterocycles. The maximum Gasteiger partial charge on any atom is 0.236 e. The summed E-state index contributed by atoms with van der Waals surface area (Å²) in [7, 11) is 0. The highest BCUT2D eigenvalue weighted by atomic mass is 16.2. The van der Waals surface area contributed by atoms with Gasteiger partial charge in [0.25, 0.3) is 0 Å². The smallest absolute Gasteiger partial charge is 0.236 e. The molecule has 0 atom stereocenters. The summed E-state index contributed by atoms with van der Waals surface area (Å²) in [4.78, 5) is 19.1. The highest BCUT2D eigenvalue weighted by Gasteiger charge is 2.27. The first kappa shape index (κ1) is 14.8. The van der Waals surface area contributed by atoms with Gasteiger partial charge in [-0.25, -0.2) is 0 Å². The van der Waals surface area contributed by atoms with Crippen molar-refractivity contribution in [2.45, 2.75) is 45.6 Å². The van der Waals surface area contributed by atoms with Gasteiger partial charge in [-0.1, -0.05) is 0 Å². The molecule has 0 aromatic heterocycles.